The lowest BCUT2D eigenvalue weighted by Gasteiger charge is -2.11. The molecule has 12 heteroatoms. The Balaban J connectivity index is 1.62. The quantitative estimate of drug-likeness (QED) is 0.299. The summed E-state index contributed by atoms with van der Waals surface area (Å²) in [6.45, 7) is 1.23. The minimum absolute atomic E-state index is 0.0519. The van der Waals surface area contributed by atoms with Gasteiger partial charge in [0, 0.05) is 11.6 Å². The van der Waals surface area contributed by atoms with Crippen molar-refractivity contribution in [3.05, 3.63) is 78.1 Å². The van der Waals surface area contributed by atoms with Crippen LogP contribution in [-0.2, 0) is 11.4 Å². The van der Waals surface area contributed by atoms with Crippen LogP contribution in [0.4, 0.5) is 13.2 Å². The molecule has 1 aromatic heterocycles. The third-order valence-electron chi connectivity index (χ3n) is 5.16. The maximum absolute atomic E-state index is 12.8. The summed E-state index contributed by atoms with van der Waals surface area (Å²) in [4.78, 5) is 15.3. The number of halogens is 3. The van der Waals surface area contributed by atoms with Gasteiger partial charge in [-0.3, -0.25) is 0 Å². The van der Waals surface area contributed by atoms with Crippen LogP contribution in [0.1, 0.15) is 11.4 Å². The van der Waals surface area contributed by atoms with Crippen molar-refractivity contribution >= 4 is 5.97 Å². The lowest BCUT2D eigenvalue weighted by molar-refractivity contribution is -0.274. The van der Waals surface area contributed by atoms with E-state index in [1.165, 1.54) is 30.0 Å². The van der Waals surface area contributed by atoms with Gasteiger partial charge in [0.2, 0.25) is 0 Å². The van der Waals surface area contributed by atoms with Crippen LogP contribution in [0.15, 0.2) is 66.7 Å². The summed E-state index contributed by atoms with van der Waals surface area (Å²) in [6, 6.07) is 17.2. The molecule has 0 fully saturated rings. The standard InChI is InChI=1S/C26H22F3N3O6/c1-16-12-20(10-11-22(16)37-15-24(33)34)36-14-23-30-25(17-6-8-19(35-2)9-7-17)32(31-23)18-4-3-5-21(13-18)38-26(27,28)29/h3-13H,14-15H2,1-2H3,(H,33,34). The molecule has 198 valence electrons. The van der Waals surface area contributed by atoms with Crippen molar-refractivity contribution in [3.63, 3.8) is 0 Å². The van der Waals surface area contributed by atoms with Crippen molar-refractivity contribution in [3.8, 4) is 40.1 Å². The van der Waals surface area contributed by atoms with Crippen LogP contribution >= 0.6 is 0 Å². The van der Waals surface area contributed by atoms with E-state index < -0.39 is 24.7 Å². The van der Waals surface area contributed by atoms with E-state index in [2.05, 4.69) is 14.8 Å². The van der Waals surface area contributed by atoms with Gasteiger partial charge in [-0.1, -0.05) is 6.07 Å². The molecule has 4 rings (SSSR count). The summed E-state index contributed by atoms with van der Waals surface area (Å²) in [5.41, 5.74) is 1.61. The van der Waals surface area contributed by atoms with Crippen molar-refractivity contribution < 1.29 is 42.0 Å². The van der Waals surface area contributed by atoms with Gasteiger partial charge in [0.15, 0.2) is 18.3 Å². The maximum atomic E-state index is 12.8. The van der Waals surface area contributed by atoms with Gasteiger partial charge in [-0.25, -0.2) is 14.5 Å². The number of methoxy groups -OCH3 is 1. The zero-order chi connectivity index (χ0) is 27.3. The monoisotopic (exact) mass is 529 g/mol. The van der Waals surface area contributed by atoms with Crippen LogP contribution in [0, 0.1) is 6.92 Å². The van der Waals surface area contributed by atoms with Gasteiger partial charge in [0.1, 0.15) is 29.6 Å². The zero-order valence-electron chi connectivity index (χ0n) is 20.2. The first kappa shape index (κ1) is 26.3. The third kappa shape index (κ3) is 6.72. The molecule has 1 heterocycles. The Kier molecular flexibility index (Phi) is 7.70. The number of carboxylic acids is 1. The number of hydrogen-bond acceptors (Lipinski definition) is 7. The van der Waals surface area contributed by atoms with Crippen LogP contribution in [0.3, 0.4) is 0 Å². The number of carbonyl (C=O) groups is 1. The zero-order valence-corrected chi connectivity index (χ0v) is 20.2. The number of carboxylic acid groups (broad SMARTS) is 1. The molecule has 3 aromatic carbocycles. The molecule has 0 aliphatic heterocycles. The second-order valence-electron chi connectivity index (χ2n) is 7.94. The summed E-state index contributed by atoms with van der Waals surface area (Å²) in [7, 11) is 1.53. The van der Waals surface area contributed by atoms with E-state index >= 15 is 0 Å². The van der Waals surface area contributed by atoms with Gasteiger partial charge in [-0.2, -0.15) is 0 Å². The molecule has 0 aliphatic rings. The van der Waals surface area contributed by atoms with Crippen molar-refractivity contribution in [2.45, 2.75) is 19.9 Å². The van der Waals surface area contributed by atoms with E-state index in [4.69, 9.17) is 19.3 Å². The maximum Gasteiger partial charge on any atom is 0.573 e. The molecule has 0 bridgehead atoms. The number of aliphatic carboxylic acids is 1. The van der Waals surface area contributed by atoms with Crippen molar-refractivity contribution in [1.82, 2.24) is 14.8 Å². The van der Waals surface area contributed by atoms with Crippen molar-refractivity contribution in [2.75, 3.05) is 13.7 Å². The average molecular weight is 529 g/mol. The number of hydrogen-bond donors (Lipinski definition) is 1. The SMILES string of the molecule is COc1ccc(-c2nc(COc3ccc(OCC(=O)O)c(C)c3)nn2-c2cccc(OC(F)(F)F)c2)cc1. The first-order valence-electron chi connectivity index (χ1n) is 11.2. The van der Waals surface area contributed by atoms with Crippen LogP contribution in [-0.4, -0.2) is 45.9 Å². The van der Waals surface area contributed by atoms with E-state index in [0.717, 1.165) is 0 Å². The van der Waals surface area contributed by atoms with E-state index in [9.17, 15) is 18.0 Å². The van der Waals surface area contributed by atoms with Gasteiger partial charge in [-0.15, -0.1) is 18.3 Å². The predicted octanol–water partition coefficient (Wildman–Crippen LogP) is 5.19. The minimum atomic E-state index is -4.84. The Morgan fingerprint density at radius 2 is 1.71 bits per heavy atom. The van der Waals surface area contributed by atoms with Gasteiger partial charge < -0.3 is 24.1 Å². The highest BCUT2D eigenvalue weighted by molar-refractivity contribution is 5.68. The van der Waals surface area contributed by atoms with Gasteiger partial charge in [-0.05, 0) is 67.1 Å². The van der Waals surface area contributed by atoms with E-state index in [1.807, 2.05) is 0 Å². The molecule has 0 saturated carbocycles. The number of aryl methyl sites for hydroxylation is 1. The Morgan fingerprint density at radius 1 is 0.974 bits per heavy atom. The number of alkyl halides is 3. The van der Waals surface area contributed by atoms with Crippen LogP contribution in [0.5, 0.6) is 23.0 Å². The molecule has 0 atom stereocenters. The van der Waals surface area contributed by atoms with Crippen LogP contribution in [0.25, 0.3) is 17.1 Å². The number of rotatable bonds is 10. The second-order valence-corrected chi connectivity index (χ2v) is 7.94. The first-order chi connectivity index (χ1) is 18.1. The third-order valence-corrected chi connectivity index (χ3v) is 5.16. The lowest BCUT2D eigenvalue weighted by atomic mass is 10.2. The molecule has 9 nitrogen and oxygen atoms in total. The first-order valence-corrected chi connectivity index (χ1v) is 11.2. The molecule has 0 aliphatic carbocycles. The van der Waals surface area contributed by atoms with Gasteiger partial charge >= 0.3 is 12.3 Å². The molecule has 0 spiro atoms. The minimum Gasteiger partial charge on any atom is -0.497 e. The van der Waals surface area contributed by atoms with E-state index in [0.29, 0.717) is 39.9 Å². The molecular formula is C26H22F3N3O6. The Labute approximate surface area is 215 Å². The Morgan fingerprint density at radius 3 is 2.37 bits per heavy atom. The number of nitrogens with zero attached hydrogens (tertiary/aromatic N) is 3. The molecule has 38 heavy (non-hydrogen) atoms. The van der Waals surface area contributed by atoms with Gasteiger partial charge in [0.25, 0.3) is 0 Å². The summed E-state index contributed by atoms with van der Waals surface area (Å²) >= 11 is 0. The van der Waals surface area contributed by atoms with E-state index in [1.54, 1.807) is 55.5 Å². The molecule has 0 saturated heterocycles. The number of benzene rings is 3. The molecule has 4 aromatic rings. The summed E-state index contributed by atoms with van der Waals surface area (Å²) in [6.07, 6.45) is -4.84. The highest BCUT2D eigenvalue weighted by atomic mass is 19.4. The summed E-state index contributed by atoms with van der Waals surface area (Å²) in [5, 5.41) is 13.2. The fourth-order valence-corrected chi connectivity index (χ4v) is 3.50. The summed E-state index contributed by atoms with van der Waals surface area (Å²) < 4.78 is 60.0. The summed E-state index contributed by atoms with van der Waals surface area (Å²) in [5.74, 6) is 0.637. The lowest BCUT2D eigenvalue weighted by Crippen LogP contribution is -2.17. The average Bonchev–Trinajstić information content (AvgIpc) is 3.30. The highest BCUT2D eigenvalue weighted by Gasteiger charge is 2.31. The Bertz CT molecular complexity index is 1420. The smallest absolute Gasteiger partial charge is 0.497 e. The molecular weight excluding hydrogens is 507 g/mol. The van der Waals surface area contributed by atoms with Crippen LogP contribution in [0.2, 0.25) is 0 Å². The van der Waals surface area contributed by atoms with Crippen molar-refractivity contribution in [2.24, 2.45) is 0 Å². The predicted molar refractivity (Wildman–Crippen MR) is 129 cm³/mol. The normalized spacial score (nSPS) is 11.2. The number of aromatic nitrogens is 3. The molecule has 0 radical (unpaired) electrons. The van der Waals surface area contributed by atoms with Crippen molar-refractivity contribution in [1.29, 1.82) is 0 Å². The highest BCUT2D eigenvalue weighted by Crippen LogP contribution is 2.29. The topological polar surface area (TPSA) is 105 Å². The molecule has 0 unspecified atom stereocenters. The fraction of sp³-hybridized carbons (Fsp3) is 0.192. The largest absolute Gasteiger partial charge is 0.573 e. The molecule has 0 amide bonds. The Hall–Kier alpha value is -4.74. The number of ether oxygens (including phenoxy) is 4. The fourth-order valence-electron chi connectivity index (χ4n) is 3.50. The van der Waals surface area contributed by atoms with Crippen LogP contribution < -0.4 is 18.9 Å². The van der Waals surface area contributed by atoms with E-state index in [-0.39, 0.29) is 12.4 Å². The molecule has 1 N–H and O–H groups in total. The second kappa shape index (κ2) is 11.1. The van der Waals surface area contributed by atoms with Gasteiger partial charge in [0.05, 0.1) is 12.8 Å².